The molecule has 1 heterocycles. The number of hydrogen-bond donors (Lipinski definition) is 1. The molecular formula is C15H17NO4. The molecule has 2 rings (SSSR count). The number of rotatable bonds is 5. The molecule has 0 saturated heterocycles. The zero-order valence-corrected chi connectivity index (χ0v) is 11.5. The molecular weight excluding hydrogens is 258 g/mol. The lowest BCUT2D eigenvalue weighted by molar-refractivity contribution is 0.0695. The number of aromatic nitrogens is 1. The third-order valence-corrected chi connectivity index (χ3v) is 3.27. The zero-order valence-electron chi connectivity index (χ0n) is 11.5. The van der Waals surface area contributed by atoms with Gasteiger partial charge in [0.25, 0.3) is 0 Å². The van der Waals surface area contributed by atoms with Crippen molar-refractivity contribution < 1.29 is 14.6 Å². The zero-order chi connectivity index (χ0) is 14.7. The lowest BCUT2D eigenvalue weighted by Crippen LogP contribution is -2.19. The van der Waals surface area contributed by atoms with Crippen molar-refractivity contribution in [2.45, 2.75) is 26.3 Å². The van der Waals surface area contributed by atoms with E-state index in [9.17, 15) is 9.59 Å². The monoisotopic (exact) mass is 275 g/mol. The van der Waals surface area contributed by atoms with Gasteiger partial charge >= 0.3 is 5.97 Å². The third kappa shape index (κ3) is 2.52. The van der Waals surface area contributed by atoms with E-state index in [1.165, 1.54) is 13.3 Å². The Labute approximate surface area is 116 Å². The fraction of sp³-hybridized carbons (Fsp3) is 0.333. The van der Waals surface area contributed by atoms with E-state index >= 15 is 0 Å². The van der Waals surface area contributed by atoms with E-state index in [2.05, 4.69) is 6.92 Å². The van der Waals surface area contributed by atoms with Gasteiger partial charge < -0.3 is 14.4 Å². The molecule has 20 heavy (non-hydrogen) atoms. The van der Waals surface area contributed by atoms with E-state index in [1.54, 1.807) is 18.2 Å². The van der Waals surface area contributed by atoms with Gasteiger partial charge in [-0.2, -0.15) is 0 Å². The lowest BCUT2D eigenvalue weighted by atomic mass is 10.1. The third-order valence-electron chi connectivity index (χ3n) is 3.27. The molecule has 0 bridgehead atoms. The van der Waals surface area contributed by atoms with Gasteiger partial charge in [-0.05, 0) is 24.6 Å². The summed E-state index contributed by atoms with van der Waals surface area (Å²) in [5.74, 6) is -0.663. The number of hydrogen-bond acceptors (Lipinski definition) is 3. The minimum atomic E-state index is -1.20. The normalized spacial score (nSPS) is 10.7. The maximum absolute atomic E-state index is 12.2. The van der Waals surface area contributed by atoms with Crippen molar-refractivity contribution in [3.63, 3.8) is 0 Å². The van der Waals surface area contributed by atoms with Gasteiger partial charge in [0.05, 0.1) is 18.0 Å². The molecule has 0 spiro atoms. The first-order chi connectivity index (χ1) is 9.58. The molecule has 0 fully saturated rings. The SMILES string of the molecule is CCCCn1cc(C(=O)O)c(=O)c2cc(OC)ccc21. The average Bonchev–Trinajstić information content (AvgIpc) is 2.46. The van der Waals surface area contributed by atoms with Crippen LogP contribution in [0.15, 0.2) is 29.2 Å². The second-order valence-corrected chi connectivity index (χ2v) is 4.61. The van der Waals surface area contributed by atoms with Gasteiger partial charge in [0.15, 0.2) is 0 Å². The van der Waals surface area contributed by atoms with E-state index < -0.39 is 11.4 Å². The van der Waals surface area contributed by atoms with Gasteiger partial charge in [0.1, 0.15) is 11.3 Å². The highest BCUT2D eigenvalue weighted by Crippen LogP contribution is 2.19. The fourth-order valence-corrected chi connectivity index (χ4v) is 2.17. The van der Waals surface area contributed by atoms with Crippen LogP contribution in [0.5, 0.6) is 5.75 Å². The number of methoxy groups -OCH3 is 1. The van der Waals surface area contributed by atoms with Crippen molar-refractivity contribution in [1.29, 1.82) is 0 Å². The van der Waals surface area contributed by atoms with Crippen LogP contribution < -0.4 is 10.2 Å². The van der Waals surface area contributed by atoms with Crippen LogP contribution >= 0.6 is 0 Å². The number of nitrogens with zero attached hydrogens (tertiary/aromatic N) is 1. The Balaban J connectivity index is 2.74. The number of aryl methyl sites for hydroxylation is 1. The fourth-order valence-electron chi connectivity index (χ4n) is 2.17. The number of carboxylic acids is 1. The Morgan fingerprint density at radius 3 is 2.75 bits per heavy atom. The number of ether oxygens (including phenoxy) is 1. The number of unbranched alkanes of at least 4 members (excludes halogenated alkanes) is 1. The molecule has 5 nitrogen and oxygen atoms in total. The Bertz CT molecular complexity index is 703. The molecule has 0 aliphatic carbocycles. The number of carbonyl (C=O) groups is 1. The maximum Gasteiger partial charge on any atom is 0.341 e. The quantitative estimate of drug-likeness (QED) is 0.910. The van der Waals surface area contributed by atoms with Crippen molar-refractivity contribution >= 4 is 16.9 Å². The Morgan fingerprint density at radius 1 is 1.40 bits per heavy atom. The summed E-state index contributed by atoms with van der Waals surface area (Å²) in [6, 6.07) is 5.15. The Hall–Kier alpha value is -2.30. The molecule has 106 valence electrons. The molecule has 0 amide bonds. The summed E-state index contributed by atoms with van der Waals surface area (Å²) in [7, 11) is 1.51. The van der Waals surface area contributed by atoms with E-state index in [0.29, 0.717) is 17.7 Å². The van der Waals surface area contributed by atoms with Crippen LogP contribution in [0.2, 0.25) is 0 Å². The van der Waals surface area contributed by atoms with Crippen LogP contribution in [0.25, 0.3) is 10.9 Å². The Kier molecular flexibility index (Phi) is 4.08. The van der Waals surface area contributed by atoms with E-state index in [0.717, 1.165) is 18.4 Å². The summed E-state index contributed by atoms with van der Waals surface area (Å²) in [6.07, 6.45) is 3.34. The summed E-state index contributed by atoms with van der Waals surface area (Å²) in [6.45, 7) is 2.74. The van der Waals surface area contributed by atoms with Crippen molar-refractivity contribution in [3.8, 4) is 5.75 Å². The van der Waals surface area contributed by atoms with Crippen molar-refractivity contribution in [3.05, 3.63) is 40.2 Å². The molecule has 0 radical (unpaired) electrons. The summed E-state index contributed by atoms with van der Waals surface area (Å²) >= 11 is 0. The van der Waals surface area contributed by atoms with Gasteiger partial charge in [-0.3, -0.25) is 4.79 Å². The summed E-state index contributed by atoms with van der Waals surface area (Å²) in [5, 5.41) is 9.53. The van der Waals surface area contributed by atoms with E-state index in [1.807, 2.05) is 4.57 Å². The molecule has 1 N–H and O–H groups in total. The molecule has 0 atom stereocenters. The topological polar surface area (TPSA) is 68.5 Å². The summed E-state index contributed by atoms with van der Waals surface area (Å²) < 4.78 is 6.93. The summed E-state index contributed by atoms with van der Waals surface area (Å²) in [4.78, 5) is 23.4. The first-order valence-corrected chi connectivity index (χ1v) is 6.53. The van der Waals surface area contributed by atoms with E-state index in [-0.39, 0.29) is 5.56 Å². The molecule has 1 aromatic heterocycles. The predicted octanol–water partition coefficient (Wildman–Crippen LogP) is 2.51. The molecule has 0 saturated carbocycles. The van der Waals surface area contributed by atoms with Crippen LogP contribution in [0.3, 0.4) is 0 Å². The highest BCUT2D eigenvalue weighted by atomic mass is 16.5. The van der Waals surface area contributed by atoms with Crippen molar-refractivity contribution in [2.75, 3.05) is 7.11 Å². The molecule has 1 aromatic carbocycles. The van der Waals surface area contributed by atoms with Gasteiger partial charge in [-0.25, -0.2) is 4.79 Å². The number of carboxylic acid groups (broad SMARTS) is 1. The standard InChI is InChI=1S/C15H17NO4/c1-3-4-7-16-9-12(15(18)19)14(17)11-8-10(20-2)5-6-13(11)16/h5-6,8-9H,3-4,7H2,1-2H3,(H,18,19). The predicted molar refractivity (Wildman–Crippen MR) is 76.6 cm³/mol. The largest absolute Gasteiger partial charge is 0.497 e. The molecule has 0 unspecified atom stereocenters. The highest BCUT2D eigenvalue weighted by molar-refractivity contribution is 5.92. The number of pyridine rings is 1. The maximum atomic E-state index is 12.2. The number of fused-ring (bicyclic) bond motifs is 1. The van der Waals surface area contributed by atoms with Crippen molar-refractivity contribution in [2.24, 2.45) is 0 Å². The number of benzene rings is 1. The molecule has 0 aliphatic heterocycles. The Morgan fingerprint density at radius 2 is 2.15 bits per heavy atom. The van der Waals surface area contributed by atoms with Crippen LogP contribution in [-0.4, -0.2) is 22.8 Å². The molecule has 0 aliphatic rings. The summed E-state index contributed by atoms with van der Waals surface area (Å²) in [5.41, 5.74) is 0.0512. The first-order valence-electron chi connectivity index (χ1n) is 6.53. The van der Waals surface area contributed by atoms with Crippen LogP contribution in [0.4, 0.5) is 0 Å². The van der Waals surface area contributed by atoms with Gasteiger partial charge in [0.2, 0.25) is 5.43 Å². The number of aromatic carboxylic acids is 1. The van der Waals surface area contributed by atoms with Crippen LogP contribution in [0.1, 0.15) is 30.1 Å². The molecule has 2 aromatic rings. The van der Waals surface area contributed by atoms with Crippen LogP contribution in [0, 0.1) is 0 Å². The minimum absolute atomic E-state index is 0.207. The minimum Gasteiger partial charge on any atom is -0.497 e. The van der Waals surface area contributed by atoms with E-state index in [4.69, 9.17) is 9.84 Å². The van der Waals surface area contributed by atoms with Gasteiger partial charge in [-0.1, -0.05) is 13.3 Å². The van der Waals surface area contributed by atoms with Gasteiger partial charge in [0, 0.05) is 12.7 Å². The second kappa shape index (κ2) is 5.77. The average molecular weight is 275 g/mol. The smallest absolute Gasteiger partial charge is 0.341 e. The van der Waals surface area contributed by atoms with Gasteiger partial charge in [-0.15, -0.1) is 0 Å². The molecule has 5 heteroatoms. The second-order valence-electron chi connectivity index (χ2n) is 4.61. The highest BCUT2D eigenvalue weighted by Gasteiger charge is 2.14. The lowest BCUT2D eigenvalue weighted by Gasteiger charge is -2.12. The van der Waals surface area contributed by atoms with Crippen molar-refractivity contribution in [1.82, 2.24) is 4.57 Å². The van der Waals surface area contributed by atoms with Crippen LogP contribution in [-0.2, 0) is 6.54 Å². The first kappa shape index (κ1) is 14.1.